The van der Waals surface area contributed by atoms with Crippen LogP contribution in [-0.2, 0) is 19.1 Å². The van der Waals surface area contributed by atoms with Crippen molar-refractivity contribution in [1.29, 1.82) is 0 Å². The second kappa shape index (κ2) is 24.8. The van der Waals surface area contributed by atoms with Gasteiger partial charge in [0.25, 0.3) is 0 Å². The first kappa shape index (κ1) is 44.9. The van der Waals surface area contributed by atoms with Crippen molar-refractivity contribution in [2.24, 2.45) is 0 Å². The van der Waals surface area contributed by atoms with Crippen LogP contribution in [0.15, 0.2) is 85.0 Å². The predicted octanol–water partition coefficient (Wildman–Crippen LogP) is 10.1. The molecule has 0 amide bonds. The van der Waals surface area contributed by atoms with Gasteiger partial charge in [-0.2, -0.15) is 0 Å². The van der Waals surface area contributed by atoms with E-state index in [1.165, 1.54) is 24.3 Å². The fraction of sp³-hybridized carbons (Fsp3) is 0.409. The van der Waals surface area contributed by atoms with E-state index in [4.69, 9.17) is 28.4 Å². The van der Waals surface area contributed by atoms with Crippen molar-refractivity contribution in [1.82, 2.24) is 0 Å². The number of halogens is 2. The molecule has 302 valence electrons. The summed E-state index contributed by atoms with van der Waals surface area (Å²) in [7, 11) is 0. The standard InChI is InChI=1S/C44H52F2O10/c1-31(2)41(47)53-27-15-11-7-5-9-13-25-51-35-21-17-33(18-22-35)43(49)55-39-29-38(46)40(30-37(39)45)56-44(50)34-19-23-36(24-20-34)52-26-14-10-6-8-12-16-28-54-42(48)32(3)4/h17-24,29-30H,1,3,5-16,25-28H2,2,4H3. The van der Waals surface area contributed by atoms with Gasteiger partial charge in [0.15, 0.2) is 23.1 Å². The first-order chi connectivity index (χ1) is 26.9. The minimum Gasteiger partial charge on any atom is -0.494 e. The molecule has 0 saturated carbocycles. The minimum atomic E-state index is -1.10. The Balaban J connectivity index is 1.32. The van der Waals surface area contributed by atoms with Crippen molar-refractivity contribution in [3.8, 4) is 23.0 Å². The van der Waals surface area contributed by atoms with Crippen molar-refractivity contribution in [2.75, 3.05) is 26.4 Å². The Morgan fingerprint density at radius 2 is 0.786 bits per heavy atom. The molecule has 0 aliphatic carbocycles. The van der Waals surface area contributed by atoms with E-state index in [1.807, 2.05) is 0 Å². The van der Waals surface area contributed by atoms with Gasteiger partial charge in [0.1, 0.15) is 11.5 Å². The van der Waals surface area contributed by atoms with Gasteiger partial charge >= 0.3 is 23.9 Å². The Morgan fingerprint density at radius 3 is 1.11 bits per heavy atom. The van der Waals surface area contributed by atoms with Crippen molar-refractivity contribution in [2.45, 2.75) is 90.9 Å². The van der Waals surface area contributed by atoms with Crippen LogP contribution < -0.4 is 18.9 Å². The zero-order valence-corrected chi connectivity index (χ0v) is 32.3. The van der Waals surface area contributed by atoms with Crippen molar-refractivity contribution in [3.63, 3.8) is 0 Å². The summed E-state index contributed by atoms with van der Waals surface area (Å²) < 4.78 is 61.5. The molecule has 3 aromatic rings. The highest BCUT2D eigenvalue weighted by Crippen LogP contribution is 2.28. The van der Waals surface area contributed by atoms with Gasteiger partial charge in [-0.25, -0.2) is 28.0 Å². The monoisotopic (exact) mass is 778 g/mol. The molecule has 0 radical (unpaired) electrons. The van der Waals surface area contributed by atoms with Crippen LogP contribution in [0.25, 0.3) is 0 Å². The van der Waals surface area contributed by atoms with Crippen molar-refractivity contribution < 1.29 is 56.4 Å². The molecular weight excluding hydrogens is 726 g/mol. The lowest BCUT2D eigenvalue weighted by Crippen LogP contribution is -2.12. The number of unbranched alkanes of at least 4 members (excludes halogenated alkanes) is 10. The number of hydrogen-bond acceptors (Lipinski definition) is 10. The summed E-state index contributed by atoms with van der Waals surface area (Å²) in [5.41, 5.74) is 0.989. The van der Waals surface area contributed by atoms with Gasteiger partial charge < -0.3 is 28.4 Å². The molecule has 12 heteroatoms. The molecule has 0 atom stereocenters. The summed E-state index contributed by atoms with van der Waals surface area (Å²) in [6.45, 7) is 12.1. The van der Waals surface area contributed by atoms with Crippen LogP contribution in [0.3, 0.4) is 0 Å². The molecule has 0 aliphatic heterocycles. The van der Waals surface area contributed by atoms with E-state index < -0.39 is 35.1 Å². The summed E-state index contributed by atoms with van der Waals surface area (Å²) in [4.78, 5) is 48.0. The number of esters is 4. The van der Waals surface area contributed by atoms with E-state index in [-0.39, 0.29) is 23.1 Å². The summed E-state index contributed by atoms with van der Waals surface area (Å²) >= 11 is 0. The van der Waals surface area contributed by atoms with Crippen LogP contribution in [0.1, 0.15) is 112 Å². The molecule has 3 aromatic carbocycles. The molecule has 0 aliphatic rings. The van der Waals surface area contributed by atoms with Gasteiger partial charge in [0.05, 0.1) is 37.6 Å². The third-order valence-electron chi connectivity index (χ3n) is 8.35. The van der Waals surface area contributed by atoms with Gasteiger partial charge in [-0.05, 0) is 88.1 Å². The van der Waals surface area contributed by atoms with E-state index >= 15 is 0 Å². The molecule has 0 saturated heterocycles. The van der Waals surface area contributed by atoms with E-state index in [1.54, 1.807) is 38.1 Å². The van der Waals surface area contributed by atoms with Gasteiger partial charge in [0.2, 0.25) is 0 Å². The number of hydrogen-bond donors (Lipinski definition) is 0. The highest BCUT2D eigenvalue weighted by atomic mass is 19.1. The Bertz CT molecular complexity index is 1620. The third-order valence-corrected chi connectivity index (χ3v) is 8.35. The Hall–Kier alpha value is -5.52. The Kier molecular flexibility index (Phi) is 19.9. The summed E-state index contributed by atoms with van der Waals surface area (Å²) in [5.74, 6) is -4.97. The topological polar surface area (TPSA) is 124 Å². The fourth-order valence-corrected chi connectivity index (χ4v) is 5.14. The fourth-order valence-electron chi connectivity index (χ4n) is 5.14. The van der Waals surface area contributed by atoms with E-state index in [2.05, 4.69) is 13.2 Å². The largest absolute Gasteiger partial charge is 0.494 e. The van der Waals surface area contributed by atoms with E-state index in [0.717, 1.165) is 77.0 Å². The first-order valence-corrected chi connectivity index (χ1v) is 19.0. The second-order valence-corrected chi connectivity index (χ2v) is 13.3. The molecule has 0 unspecified atom stereocenters. The number of carbonyl (C=O) groups excluding carboxylic acids is 4. The highest BCUT2D eigenvalue weighted by molar-refractivity contribution is 5.92. The van der Waals surface area contributed by atoms with Gasteiger partial charge in [0, 0.05) is 23.3 Å². The maximum Gasteiger partial charge on any atom is 0.343 e. The smallest absolute Gasteiger partial charge is 0.343 e. The number of rotatable bonds is 26. The molecule has 0 N–H and O–H groups in total. The van der Waals surface area contributed by atoms with E-state index in [9.17, 15) is 28.0 Å². The van der Waals surface area contributed by atoms with Gasteiger partial charge in [-0.15, -0.1) is 0 Å². The lowest BCUT2D eigenvalue weighted by Gasteiger charge is -2.11. The van der Waals surface area contributed by atoms with Crippen molar-refractivity contribution in [3.05, 3.63) is 108 Å². The predicted molar refractivity (Wildman–Crippen MR) is 207 cm³/mol. The molecule has 56 heavy (non-hydrogen) atoms. The molecule has 3 rings (SSSR count). The Labute approximate surface area is 327 Å². The molecule has 0 fully saturated rings. The quantitative estimate of drug-likeness (QED) is 0.0337. The zero-order chi connectivity index (χ0) is 40.7. The normalized spacial score (nSPS) is 10.6. The van der Waals surface area contributed by atoms with Crippen LogP contribution in [0, 0.1) is 11.6 Å². The maximum absolute atomic E-state index is 14.8. The molecule has 0 heterocycles. The first-order valence-electron chi connectivity index (χ1n) is 19.0. The van der Waals surface area contributed by atoms with Crippen LogP contribution in [0.4, 0.5) is 8.78 Å². The van der Waals surface area contributed by atoms with Crippen LogP contribution in [0.2, 0.25) is 0 Å². The molecule has 0 bridgehead atoms. The third kappa shape index (κ3) is 16.9. The number of benzene rings is 3. The number of carbonyl (C=O) groups is 4. The summed E-state index contributed by atoms with van der Waals surface area (Å²) in [5, 5.41) is 0. The molecule has 0 spiro atoms. The summed E-state index contributed by atoms with van der Waals surface area (Å²) in [6, 6.07) is 13.5. The van der Waals surface area contributed by atoms with Crippen LogP contribution in [-0.4, -0.2) is 50.3 Å². The lowest BCUT2D eigenvalue weighted by atomic mass is 10.1. The lowest BCUT2D eigenvalue weighted by molar-refractivity contribution is -0.139. The zero-order valence-electron chi connectivity index (χ0n) is 32.3. The average Bonchev–Trinajstić information content (AvgIpc) is 3.18. The highest BCUT2D eigenvalue weighted by Gasteiger charge is 2.19. The maximum atomic E-state index is 14.8. The SMILES string of the molecule is C=C(C)C(=O)OCCCCCCCCOc1ccc(C(=O)Oc2cc(F)c(OC(=O)c3ccc(OCCCCCCCCOC(=O)C(=C)C)cc3)cc2F)cc1. The minimum absolute atomic E-state index is 0.0986. The Morgan fingerprint density at radius 1 is 0.482 bits per heavy atom. The van der Waals surface area contributed by atoms with E-state index in [0.29, 0.717) is 61.2 Å². The molecule has 10 nitrogen and oxygen atoms in total. The average molecular weight is 779 g/mol. The van der Waals surface area contributed by atoms with Gasteiger partial charge in [-0.1, -0.05) is 64.5 Å². The van der Waals surface area contributed by atoms with Gasteiger partial charge in [-0.3, -0.25) is 0 Å². The molecule has 0 aromatic heterocycles. The van der Waals surface area contributed by atoms with Crippen LogP contribution in [0.5, 0.6) is 23.0 Å². The summed E-state index contributed by atoms with van der Waals surface area (Å²) in [6.07, 6.45) is 11.3. The second-order valence-electron chi connectivity index (χ2n) is 13.3. The van der Waals surface area contributed by atoms with Crippen LogP contribution >= 0.6 is 0 Å². The van der Waals surface area contributed by atoms with Crippen molar-refractivity contribution >= 4 is 23.9 Å². The number of ether oxygens (including phenoxy) is 6. The molecular formula is C44H52F2O10.